The van der Waals surface area contributed by atoms with E-state index in [-0.39, 0.29) is 6.04 Å². The molecule has 1 atom stereocenters. The Morgan fingerprint density at radius 2 is 2.00 bits per heavy atom. The molecule has 1 saturated heterocycles. The lowest BCUT2D eigenvalue weighted by molar-refractivity contribution is -0.132. The number of rotatable bonds is 5. The summed E-state index contributed by atoms with van der Waals surface area (Å²) in [6.07, 6.45) is 6.74. The van der Waals surface area contributed by atoms with Crippen LogP contribution in [-0.2, 0) is 11.2 Å². The van der Waals surface area contributed by atoms with Gasteiger partial charge in [0, 0.05) is 30.1 Å². The molecule has 0 radical (unpaired) electrons. The number of nitrogens with zero attached hydrogens (tertiary/aromatic N) is 1. The summed E-state index contributed by atoms with van der Waals surface area (Å²) in [7, 11) is 0. The van der Waals surface area contributed by atoms with Gasteiger partial charge in [-0.3, -0.25) is 4.79 Å². The standard InChI is InChI=1S/C24H28N2O/c1-17-12-13-19(15-18(17)2)23-10-6-14-26(23)24(27)11-5-7-20-16-25-22-9-4-3-8-21(20)22/h3-4,8-9,12-13,15-16,23,25H,5-7,10-11,14H2,1-2H3. The van der Waals surface area contributed by atoms with E-state index < -0.39 is 0 Å². The molecule has 3 nitrogen and oxygen atoms in total. The molecule has 0 bridgehead atoms. The van der Waals surface area contributed by atoms with Crippen LogP contribution in [0.15, 0.2) is 48.7 Å². The number of H-pyrrole nitrogens is 1. The average Bonchev–Trinajstić information content (AvgIpc) is 3.31. The van der Waals surface area contributed by atoms with Crippen LogP contribution in [0.1, 0.15) is 54.0 Å². The number of hydrogen-bond donors (Lipinski definition) is 1. The van der Waals surface area contributed by atoms with Gasteiger partial charge in [0.15, 0.2) is 0 Å². The van der Waals surface area contributed by atoms with Crippen LogP contribution in [0.4, 0.5) is 0 Å². The van der Waals surface area contributed by atoms with Crippen molar-refractivity contribution in [1.29, 1.82) is 0 Å². The maximum atomic E-state index is 12.9. The molecule has 1 aliphatic rings. The van der Waals surface area contributed by atoms with E-state index in [1.54, 1.807) is 0 Å². The fraction of sp³-hybridized carbons (Fsp3) is 0.375. The summed E-state index contributed by atoms with van der Waals surface area (Å²) in [6.45, 7) is 5.19. The summed E-state index contributed by atoms with van der Waals surface area (Å²) in [5, 5.41) is 1.28. The van der Waals surface area contributed by atoms with Crippen molar-refractivity contribution in [3.05, 3.63) is 70.9 Å². The molecule has 0 spiro atoms. The van der Waals surface area contributed by atoms with E-state index in [0.717, 1.165) is 32.2 Å². The van der Waals surface area contributed by atoms with E-state index in [0.29, 0.717) is 12.3 Å². The highest BCUT2D eigenvalue weighted by atomic mass is 16.2. The number of aromatic nitrogens is 1. The summed E-state index contributed by atoms with van der Waals surface area (Å²) >= 11 is 0. The summed E-state index contributed by atoms with van der Waals surface area (Å²) in [4.78, 5) is 18.3. The van der Waals surface area contributed by atoms with Gasteiger partial charge in [0.25, 0.3) is 0 Å². The molecule has 1 N–H and O–H groups in total. The van der Waals surface area contributed by atoms with E-state index in [1.165, 1.54) is 33.2 Å². The van der Waals surface area contributed by atoms with E-state index in [2.05, 4.69) is 66.3 Å². The summed E-state index contributed by atoms with van der Waals surface area (Å²) in [5.41, 5.74) is 6.40. The van der Waals surface area contributed by atoms with Crippen LogP contribution in [0, 0.1) is 13.8 Å². The fourth-order valence-electron chi connectivity index (χ4n) is 4.30. The molecule has 2 heterocycles. The van der Waals surface area contributed by atoms with Crippen LogP contribution in [0.5, 0.6) is 0 Å². The molecular weight excluding hydrogens is 332 g/mol. The number of aromatic amines is 1. The molecule has 4 rings (SSSR count). The zero-order chi connectivity index (χ0) is 18.8. The minimum Gasteiger partial charge on any atom is -0.361 e. The molecule has 3 heteroatoms. The smallest absolute Gasteiger partial charge is 0.223 e. The SMILES string of the molecule is Cc1ccc(C2CCCN2C(=O)CCCc2c[nH]c3ccccc23)cc1C. The quantitative estimate of drug-likeness (QED) is 0.643. The number of amides is 1. The lowest BCUT2D eigenvalue weighted by Gasteiger charge is -2.26. The first-order valence-electron chi connectivity index (χ1n) is 10.0. The van der Waals surface area contributed by atoms with Crippen molar-refractivity contribution in [1.82, 2.24) is 9.88 Å². The zero-order valence-corrected chi connectivity index (χ0v) is 16.3. The number of para-hydroxylation sites is 1. The Balaban J connectivity index is 1.39. The number of carbonyl (C=O) groups is 1. The van der Waals surface area contributed by atoms with E-state index in [1.807, 2.05) is 6.07 Å². The Hall–Kier alpha value is -2.55. The molecule has 140 valence electrons. The Labute approximate surface area is 161 Å². The summed E-state index contributed by atoms with van der Waals surface area (Å²) in [6, 6.07) is 15.3. The molecule has 1 fully saturated rings. The van der Waals surface area contributed by atoms with Gasteiger partial charge in [-0.1, -0.05) is 36.4 Å². The molecule has 1 aliphatic heterocycles. The first kappa shape index (κ1) is 17.8. The number of hydrogen-bond acceptors (Lipinski definition) is 1. The molecule has 27 heavy (non-hydrogen) atoms. The third-order valence-electron chi connectivity index (χ3n) is 6.00. The normalized spacial score (nSPS) is 17.0. The van der Waals surface area contributed by atoms with Gasteiger partial charge in [-0.05, 0) is 67.9 Å². The van der Waals surface area contributed by atoms with E-state index in [4.69, 9.17) is 0 Å². The monoisotopic (exact) mass is 360 g/mol. The fourth-order valence-corrected chi connectivity index (χ4v) is 4.30. The Bertz CT molecular complexity index is 956. The number of fused-ring (bicyclic) bond motifs is 1. The number of carbonyl (C=O) groups excluding carboxylic acids is 1. The maximum Gasteiger partial charge on any atom is 0.223 e. The second-order valence-corrected chi connectivity index (χ2v) is 7.80. The second-order valence-electron chi connectivity index (χ2n) is 7.80. The highest BCUT2D eigenvalue weighted by molar-refractivity contribution is 5.83. The van der Waals surface area contributed by atoms with Crippen molar-refractivity contribution in [2.75, 3.05) is 6.54 Å². The molecule has 1 amide bonds. The lowest BCUT2D eigenvalue weighted by Crippen LogP contribution is -2.30. The first-order valence-corrected chi connectivity index (χ1v) is 10.0. The largest absolute Gasteiger partial charge is 0.361 e. The Kier molecular flexibility index (Phi) is 5.02. The van der Waals surface area contributed by atoms with Crippen molar-refractivity contribution in [3.8, 4) is 0 Å². The van der Waals surface area contributed by atoms with Gasteiger partial charge in [0.1, 0.15) is 0 Å². The highest BCUT2D eigenvalue weighted by Crippen LogP contribution is 2.33. The van der Waals surface area contributed by atoms with Crippen LogP contribution in [-0.4, -0.2) is 22.3 Å². The van der Waals surface area contributed by atoms with Gasteiger partial charge in [0.2, 0.25) is 5.91 Å². The van der Waals surface area contributed by atoms with Crippen molar-refractivity contribution >= 4 is 16.8 Å². The second kappa shape index (κ2) is 7.59. The van der Waals surface area contributed by atoms with E-state index in [9.17, 15) is 4.79 Å². The van der Waals surface area contributed by atoms with Crippen molar-refractivity contribution in [2.45, 2.75) is 52.0 Å². The van der Waals surface area contributed by atoms with Gasteiger partial charge in [-0.15, -0.1) is 0 Å². The predicted octanol–water partition coefficient (Wildman–Crippen LogP) is 5.47. The number of nitrogens with one attached hydrogen (secondary N) is 1. The number of aryl methyl sites for hydroxylation is 3. The minimum atomic E-state index is 0.255. The highest BCUT2D eigenvalue weighted by Gasteiger charge is 2.29. The van der Waals surface area contributed by atoms with Gasteiger partial charge < -0.3 is 9.88 Å². The average molecular weight is 361 g/mol. The number of benzene rings is 2. The maximum absolute atomic E-state index is 12.9. The topological polar surface area (TPSA) is 36.1 Å². The predicted molar refractivity (Wildman–Crippen MR) is 111 cm³/mol. The van der Waals surface area contributed by atoms with E-state index >= 15 is 0 Å². The third kappa shape index (κ3) is 3.64. The van der Waals surface area contributed by atoms with Crippen molar-refractivity contribution in [3.63, 3.8) is 0 Å². The van der Waals surface area contributed by atoms with Crippen LogP contribution in [0.3, 0.4) is 0 Å². The molecular formula is C24H28N2O. The van der Waals surface area contributed by atoms with Crippen molar-refractivity contribution < 1.29 is 4.79 Å². The van der Waals surface area contributed by atoms with Gasteiger partial charge in [-0.25, -0.2) is 0 Å². The lowest BCUT2D eigenvalue weighted by atomic mass is 9.99. The van der Waals surface area contributed by atoms with Crippen LogP contribution in [0.2, 0.25) is 0 Å². The minimum absolute atomic E-state index is 0.255. The van der Waals surface area contributed by atoms with Crippen LogP contribution in [0.25, 0.3) is 10.9 Å². The molecule has 0 saturated carbocycles. The first-order chi connectivity index (χ1) is 13.1. The van der Waals surface area contributed by atoms with Crippen molar-refractivity contribution in [2.24, 2.45) is 0 Å². The Morgan fingerprint density at radius 1 is 1.15 bits per heavy atom. The molecule has 1 aromatic heterocycles. The summed E-state index contributed by atoms with van der Waals surface area (Å²) < 4.78 is 0. The van der Waals surface area contributed by atoms with Crippen LogP contribution < -0.4 is 0 Å². The third-order valence-corrected chi connectivity index (χ3v) is 6.00. The van der Waals surface area contributed by atoms with Crippen LogP contribution >= 0.6 is 0 Å². The summed E-state index contributed by atoms with van der Waals surface area (Å²) in [5.74, 6) is 0.301. The van der Waals surface area contributed by atoms with Gasteiger partial charge in [0.05, 0.1) is 6.04 Å². The van der Waals surface area contributed by atoms with Gasteiger partial charge >= 0.3 is 0 Å². The molecule has 0 aliphatic carbocycles. The number of likely N-dealkylation sites (tertiary alicyclic amines) is 1. The molecule has 3 aromatic rings. The molecule has 2 aromatic carbocycles. The van der Waals surface area contributed by atoms with Gasteiger partial charge in [-0.2, -0.15) is 0 Å². The zero-order valence-electron chi connectivity index (χ0n) is 16.3. The Morgan fingerprint density at radius 3 is 2.85 bits per heavy atom. The molecule has 1 unspecified atom stereocenters.